The molecular weight excluding hydrogens is 232 g/mol. The van der Waals surface area contributed by atoms with Crippen LogP contribution in [0.5, 0.6) is 0 Å². The number of benzene rings is 1. The molecule has 0 radical (unpaired) electrons. The molecule has 0 saturated carbocycles. The van der Waals surface area contributed by atoms with Crippen LogP contribution in [0.3, 0.4) is 0 Å². The quantitative estimate of drug-likeness (QED) is 0.800. The minimum atomic E-state index is -1.08. The highest BCUT2D eigenvalue weighted by atomic mass is 16.4. The number of carbonyl (C=O) groups excluding carboxylic acids is 1. The molecule has 1 aromatic rings. The highest BCUT2D eigenvalue weighted by molar-refractivity contribution is 6.16. The second-order valence-electron chi connectivity index (χ2n) is 4.02. The molecule has 96 valence electrons. The molecule has 2 amide bonds. The first-order valence-corrected chi connectivity index (χ1v) is 5.40. The lowest BCUT2D eigenvalue weighted by Crippen LogP contribution is -2.31. The Bertz CT molecular complexity index is 493. The number of hydrogen-bond acceptors (Lipinski definition) is 2. The summed E-state index contributed by atoms with van der Waals surface area (Å²) in [5.41, 5.74) is 1.48. The first-order valence-electron chi connectivity index (χ1n) is 5.40. The number of rotatable bonds is 3. The van der Waals surface area contributed by atoms with E-state index < -0.39 is 5.97 Å². The fourth-order valence-corrected chi connectivity index (χ4v) is 1.39. The number of nitrogens with one attached hydrogen (secondary N) is 1. The van der Waals surface area contributed by atoms with Crippen molar-refractivity contribution in [3.8, 4) is 0 Å². The van der Waals surface area contributed by atoms with Crippen molar-refractivity contribution < 1.29 is 14.7 Å². The van der Waals surface area contributed by atoms with E-state index in [0.717, 1.165) is 5.56 Å². The number of nitrogens with zero attached hydrogens (tertiary/aromatic N) is 1. The Morgan fingerprint density at radius 2 is 1.89 bits per heavy atom. The normalized spacial score (nSPS) is 10.9. The van der Waals surface area contributed by atoms with Crippen molar-refractivity contribution in [1.82, 2.24) is 10.2 Å². The molecular formula is C13H16N2O3. The second kappa shape index (κ2) is 5.86. The molecule has 0 fully saturated rings. The molecule has 5 nitrogen and oxygen atoms in total. The number of hydrogen-bond donors (Lipinski definition) is 2. The van der Waals surface area contributed by atoms with Crippen molar-refractivity contribution >= 4 is 17.6 Å². The largest absolute Gasteiger partial charge is 0.478 e. The lowest BCUT2D eigenvalue weighted by molar-refractivity contribution is -0.130. The van der Waals surface area contributed by atoms with Gasteiger partial charge in [0.15, 0.2) is 0 Å². The number of aryl methyl sites for hydroxylation is 1. The van der Waals surface area contributed by atoms with Crippen molar-refractivity contribution in [2.45, 2.75) is 6.92 Å². The molecule has 0 aliphatic heterocycles. The van der Waals surface area contributed by atoms with Crippen LogP contribution in [0.15, 0.2) is 30.5 Å². The molecule has 0 aromatic heterocycles. The number of amides is 2. The van der Waals surface area contributed by atoms with Crippen LogP contribution in [-0.2, 0) is 4.79 Å². The maximum absolute atomic E-state index is 11.4. The second-order valence-corrected chi connectivity index (χ2v) is 4.02. The summed E-state index contributed by atoms with van der Waals surface area (Å²) in [5.74, 6) is -1.08. The minimum absolute atomic E-state index is 0.0586. The van der Waals surface area contributed by atoms with E-state index in [0.29, 0.717) is 5.56 Å². The summed E-state index contributed by atoms with van der Waals surface area (Å²) in [4.78, 5) is 23.9. The summed E-state index contributed by atoms with van der Waals surface area (Å²) in [6.45, 7) is 1.82. The first-order chi connectivity index (χ1) is 8.43. The molecule has 0 aliphatic carbocycles. The van der Waals surface area contributed by atoms with Gasteiger partial charge in [-0.15, -0.1) is 0 Å². The van der Waals surface area contributed by atoms with E-state index in [2.05, 4.69) is 5.32 Å². The van der Waals surface area contributed by atoms with Gasteiger partial charge in [0.25, 0.3) is 0 Å². The highest BCUT2D eigenvalue weighted by Gasteiger charge is 2.13. The molecule has 1 aromatic carbocycles. The Hall–Kier alpha value is -2.30. The van der Waals surface area contributed by atoms with E-state index in [9.17, 15) is 9.59 Å². The Balaban J connectivity index is 3.05. The van der Waals surface area contributed by atoms with Crippen molar-refractivity contribution in [2.75, 3.05) is 14.1 Å². The Kier molecular flexibility index (Phi) is 4.48. The monoisotopic (exact) mass is 248 g/mol. The van der Waals surface area contributed by atoms with Gasteiger partial charge in [0.2, 0.25) is 0 Å². The smallest absolute Gasteiger partial charge is 0.337 e. The van der Waals surface area contributed by atoms with Gasteiger partial charge in [0.1, 0.15) is 0 Å². The van der Waals surface area contributed by atoms with Gasteiger partial charge < -0.3 is 15.3 Å². The van der Waals surface area contributed by atoms with Crippen molar-refractivity contribution in [1.29, 1.82) is 0 Å². The standard InChI is InChI=1S/C13H16N2O3/c1-9-6-4-5-7-10(9)11(12(16)17)8-14-13(18)15(2)3/h4-8H,1-3H3,(H,14,18)(H,16,17)/b11-8-. The van der Waals surface area contributed by atoms with Crippen molar-refractivity contribution in [3.05, 3.63) is 41.6 Å². The van der Waals surface area contributed by atoms with E-state index in [1.54, 1.807) is 26.2 Å². The Labute approximate surface area is 106 Å². The molecule has 0 saturated heterocycles. The molecule has 5 heteroatoms. The van der Waals surface area contributed by atoms with Crippen LogP contribution < -0.4 is 5.32 Å². The third-order valence-electron chi connectivity index (χ3n) is 2.41. The zero-order valence-electron chi connectivity index (χ0n) is 10.6. The molecule has 0 atom stereocenters. The summed E-state index contributed by atoms with van der Waals surface area (Å²) in [6.07, 6.45) is 1.22. The average molecular weight is 248 g/mol. The highest BCUT2D eigenvalue weighted by Crippen LogP contribution is 2.18. The van der Waals surface area contributed by atoms with Gasteiger partial charge in [-0.25, -0.2) is 9.59 Å². The predicted octanol–water partition coefficient (Wildman–Crippen LogP) is 1.69. The van der Waals surface area contributed by atoms with Gasteiger partial charge in [-0.05, 0) is 18.1 Å². The van der Waals surface area contributed by atoms with Crippen LogP contribution in [0.1, 0.15) is 11.1 Å². The molecule has 0 unspecified atom stereocenters. The predicted molar refractivity (Wildman–Crippen MR) is 69.0 cm³/mol. The minimum Gasteiger partial charge on any atom is -0.478 e. The fraction of sp³-hybridized carbons (Fsp3) is 0.231. The number of urea groups is 1. The Morgan fingerprint density at radius 1 is 1.28 bits per heavy atom. The fourth-order valence-electron chi connectivity index (χ4n) is 1.39. The lowest BCUT2D eigenvalue weighted by atomic mass is 10.0. The van der Waals surface area contributed by atoms with Gasteiger partial charge >= 0.3 is 12.0 Å². The maximum atomic E-state index is 11.4. The average Bonchev–Trinajstić information content (AvgIpc) is 2.30. The number of carbonyl (C=O) groups is 2. The molecule has 0 aliphatic rings. The van der Waals surface area contributed by atoms with Crippen molar-refractivity contribution in [3.63, 3.8) is 0 Å². The molecule has 2 N–H and O–H groups in total. The van der Waals surface area contributed by atoms with E-state index >= 15 is 0 Å². The first kappa shape index (κ1) is 13.8. The van der Waals surface area contributed by atoms with Crippen molar-refractivity contribution in [2.24, 2.45) is 0 Å². The van der Waals surface area contributed by atoms with Gasteiger partial charge in [-0.1, -0.05) is 24.3 Å². The van der Waals surface area contributed by atoms with E-state index in [-0.39, 0.29) is 11.6 Å². The Morgan fingerprint density at radius 3 is 2.39 bits per heavy atom. The molecule has 0 bridgehead atoms. The lowest BCUT2D eigenvalue weighted by Gasteiger charge is -2.11. The zero-order valence-corrected chi connectivity index (χ0v) is 10.6. The molecule has 0 heterocycles. The van der Waals surface area contributed by atoms with Crippen LogP contribution >= 0.6 is 0 Å². The third kappa shape index (κ3) is 3.35. The summed E-state index contributed by atoms with van der Waals surface area (Å²) in [5, 5.41) is 11.6. The van der Waals surface area contributed by atoms with Gasteiger partial charge in [0, 0.05) is 20.3 Å². The third-order valence-corrected chi connectivity index (χ3v) is 2.41. The maximum Gasteiger partial charge on any atom is 0.337 e. The van der Waals surface area contributed by atoms with Crippen LogP contribution in [0.4, 0.5) is 4.79 Å². The van der Waals surface area contributed by atoms with Gasteiger partial charge in [-0.3, -0.25) is 0 Å². The number of aliphatic carboxylic acids is 1. The van der Waals surface area contributed by atoms with Gasteiger partial charge in [-0.2, -0.15) is 0 Å². The van der Waals surface area contributed by atoms with Gasteiger partial charge in [0.05, 0.1) is 5.57 Å². The summed E-state index contributed by atoms with van der Waals surface area (Å²) >= 11 is 0. The van der Waals surface area contributed by atoms with Crippen LogP contribution in [0.2, 0.25) is 0 Å². The SMILES string of the molecule is Cc1ccccc1/C(=C/NC(=O)N(C)C)C(=O)O. The molecule has 0 spiro atoms. The van der Waals surface area contributed by atoms with E-state index in [4.69, 9.17) is 5.11 Å². The molecule has 1 rings (SSSR count). The summed E-state index contributed by atoms with van der Waals surface area (Å²) < 4.78 is 0. The molecule has 18 heavy (non-hydrogen) atoms. The van der Waals surface area contributed by atoms with Crippen LogP contribution in [0.25, 0.3) is 5.57 Å². The van der Waals surface area contributed by atoms with Crippen LogP contribution in [0, 0.1) is 6.92 Å². The zero-order chi connectivity index (χ0) is 13.7. The topological polar surface area (TPSA) is 69.6 Å². The number of carboxylic acids is 1. The van der Waals surface area contributed by atoms with E-state index in [1.807, 2.05) is 19.1 Å². The summed E-state index contributed by atoms with van der Waals surface area (Å²) in [7, 11) is 3.16. The van der Waals surface area contributed by atoms with Crippen LogP contribution in [-0.4, -0.2) is 36.1 Å². The van der Waals surface area contributed by atoms with E-state index in [1.165, 1.54) is 11.1 Å². The summed E-state index contributed by atoms with van der Waals surface area (Å²) in [6, 6.07) is 6.74. The number of carboxylic acid groups (broad SMARTS) is 1.